The lowest BCUT2D eigenvalue weighted by molar-refractivity contribution is 0.140. The number of rotatable bonds is 3. The lowest BCUT2D eigenvalue weighted by Gasteiger charge is -2.35. The van der Waals surface area contributed by atoms with Gasteiger partial charge in [-0.05, 0) is 63.2 Å². The predicted molar refractivity (Wildman–Crippen MR) is 72.2 cm³/mol. The second-order valence-electron chi connectivity index (χ2n) is 5.78. The van der Waals surface area contributed by atoms with Gasteiger partial charge < -0.3 is 10.2 Å². The number of halogens is 1. The number of likely N-dealkylation sites (tertiary alicyclic amines) is 1. The molecule has 2 aliphatic heterocycles. The van der Waals surface area contributed by atoms with Gasteiger partial charge in [0, 0.05) is 6.54 Å². The zero-order valence-corrected chi connectivity index (χ0v) is 11.6. The molecule has 96 valence electrons. The van der Waals surface area contributed by atoms with Crippen LogP contribution < -0.4 is 5.32 Å². The third kappa shape index (κ3) is 3.90. The predicted octanol–water partition coefficient (Wildman–Crippen LogP) is 2.39. The molecule has 0 aromatic heterocycles. The van der Waals surface area contributed by atoms with E-state index in [0.29, 0.717) is 0 Å². The van der Waals surface area contributed by atoms with Crippen LogP contribution in [0.3, 0.4) is 0 Å². The van der Waals surface area contributed by atoms with Crippen molar-refractivity contribution in [2.24, 2.45) is 17.8 Å². The number of piperidine rings is 1. The summed E-state index contributed by atoms with van der Waals surface area (Å²) in [6, 6.07) is 0. The largest absolute Gasteiger partial charge is 0.316 e. The van der Waals surface area contributed by atoms with E-state index >= 15 is 0 Å². The molecular formula is C13H27ClN2. The van der Waals surface area contributed by atoms with Gasteiger partial charge in [0.15, 0.2) is 0 Å². The molecule has 1 atom stereocenters. The first-order valence-corrected chi connectivity index (χ1v) is 6.69. The van der Waals surface area contributed by atoms with Crippen LogP contribution in [0.2, 0.25) is 0 Å². The van der Waals surface area contributed by atoms with Crippen LogP contribution in [-0.2, 0) is 0 Å². The Balaban J connectivity index is 0.00000128. The van der Waals surface area contributed by atoms with Crippen LogP contribution in [0.5, 0.6) is 0 Å². The van der Waals surface area contributed by atoms with Crippen LogP contribution in [0, 0.1) is 17.8 Å². The molecule has 0 amide bonds. The highest BCUT2D eigenvalue weighted by Gasteiger charge is 2.28. The Morgan fingerprint density at radius 1 is 1.12 bits per heavy atom. The highest BCUT2D eigenvalue weighted by Crippen LogP contribution is 2.28. The van der Waals surface area contributed by atoms with Crippen molar-refractivity contribution in [1.82, 2.24) is 10.2 Å². The summed E-state index contributed by atoms with van der Waals surface area (Å²) in [6.07, 6.45) is 4.31. The second kappa shape index (κ2) is 6.83. The summed E-state index contributed by atoms with van der Waals surface area (Å²) in [4.78, 5) is 2.66. The van der Waals surface area contributed by atoms with Crippen LogP contribution in [0.1, 0.15) is 33.1 Å². The number of nitrogens with zero attached hydrogens (tertiary/aromatic N) is 1. The maximum absolute atomic E-state index is 3.50. The summed E-state index contributed by atoms with van der Waals surface area (Å²) in [6.45, 7) is 11.2. The zero-order valence-electron chi connectivity index (χ0n) is 10.7. The standard InChI is InChI=1S/C13H26N2.ClH/c1-11(2)10-15-7-4-12(5-8-15)13-3-6-14-9-13;/h11-14H,3-10H2,1-2H3;1H. The van der Waals surface area contributed by atoms with E-state index in [2.05, 4.69) is 24.1 Å². The van der Waals surface area contributed by atoms with Crippen molar-refractivity contribution in [2.75, 3.05) is 32.7 Å². The van der Waals surface area contributed by atoms with Crippen molar-refractivity contribution in [2.45, 2.75) is 33.1 Å². The molecule has 1 unspecified atom stereocenters. The molecule has 2 saturated heterocycles. The quantitative estimate of drug-likeness (QED) is 0.823. The molecule has 0 radical (unpaired) electrons. The van der Waals surface area contributed by atoms with E-state index in [1.165, 1.54) is 52.0 Å². The summed E-state index contributed by atoms with van der Waals surface area (Å²) < 4.78 is 0. The molecule has 16 heavy (non-hydrogen) atoms. The van der Waals surface area contributed by atoms with Crippen LogP contribution in [-0.4, -0.2) is 37.6 Å². The molecule has 2 heterocycles. The molecular weight excluding hydrogens is 220 g/mol. The van der Waals surface area contributed by atoms with Gasteiger partial charge in [-0.1, -0.05) is 13.8 Å². The fourth-order valence-corrected chi connectivity index (χ4v) is 3.20. The maximum atomic E-state index is 3.50. The van der Waals surface area contributed by atoms with Crippen molar-refractivity contribution in [3.63, 3.8) is 0 Å². The molecule has 0 aromatic rings. The van der Waals surface area contributed by atoms with Gasteiger partial charge in [0.1, 0.15) is 0 Å². The van der Waals surface area contributed by atoms with Gasteiger partial charge in [0.2, 0.25) is 0 Å². The van der Waals surface area contributed by atoms with Crippen molar-refractivity contribution in [3.05, 3.63) is 0 Å². The summed E-state index contributed by atoms with van der Waals surface area (Å²) in [5, 5.41) is 3.50. The van der Waals surface area contributed by atoms with Crippen molar-refractivity contribution >= 4 is 12.4 Å². The van der Waals surface area contributed by atoms with Gasteiger partial charge in [-0.25, -0.2) is 0 Å². The van der Waals surface area contributed by atoms with E-state index in [4.69, 9.17) is 0 Å². The van der Waals surface area contributed by atoms with Gasteiger partial charge in [0.25, 0.3) is 0 Å². The molecule has 1 N–H and O–H groups in total. The van der Waals surface area contributed by atoms with Gasteiger partial charge in [-0.15, -0.1) is 12.4 Å². The third-order valence-corrected chi connectivity index (χ3v) is 4.02. The van der Waals surface area contributed by atoms with E-state index in [1.54, 1.807) is 0 Å². The molecule has 0 spiro atoms. The Morgan fingerprint density at radius 3 is 2.31 bits per heavy atom. The van der Waals surface area contributed by atoms with Crippen molar-refractivity contribution in [1.29, 1.82) is 0 Å². The van der Waals surface area contributed by atoms with Gasteiger partial charge >= 0.3 is 0 Å². The Morgan fingerprint density at radius 2 is 1.81 bits per heavy atom. The fraction of sp³-hybridized carbons (Fsp3) is 1.00. The molecule has 3 heteroatoms. The summed E-state index contributed by atoms with van der Waals surface area (Å²) in [7, 11) is 0. The maximum Gasteiger partial charge on any atom is 0.000439 e. The summed E-state index contributed by atoms with van der Waals surface area (Å²) in [5.74, 6) is 2.84. The van der Waals surface area contributed by atoms with Crippen LogP contribution in [0.4, 0.5) is 0 Å². The van der Waals surface area contributed by atoms with E-state index in [-0.39, 0.29) is 12.4 Å². The molecule has 2 rings (SSSR count). The Kier molecular flexibility index (Phi) is 6.09. The Bertz CT molecular complexity index is 182. The van der Waals surface area contributed by atoms with Crippen LogP contribution in [0.15, 0.2) is 0 Å². The van der Waals surface area contributed by atoms with Crippen LogP contribution >= 0.6 is 12.4 Å². The lowest BCUT2D eigenvalue weighted by Crippen LogP contribution is -2.38. The molecule has 0 bridgehead atoms. The highest BCUT2D eigenvalue weighted by molar-refractivity contribution is 5.85. The Hall–Kier alpha value is 0.210. The SMILES string of the molecule is CC(C)CN1CCC(C2CCNC2)CC1.Cl. The van der Waals surface area contributed by atoms with E-state index in [1.807, 2.05) is 0 Å². The molecule has 0 aromatic carbocycles. The molecule has 2 nitrogen and oxygen atoms in total. The summed E-state index contributed by atoms with van der Waals surface area (Å²) >= 11 is 0. The minimum atomic E-state index is 0. The smallest absolute Gasteiger partial charge is 0.000439 e. The second-order valence-corrected chi connectivity index (χ2v) is 5.78. The first-order chi connectivity index (χ1) is 7.25. The molecule has 2 aliphatic rings. The van der Waals surface area contributed by atoms with Crippen LogP contribution in [0.25, 0.3) is 0 Å². The molecule has 0 aliphatic carbocycles. The highest BCUT2D eigenvalue weighted by atomic mass is 35.5. The van der Waals surface area contributed by atoms with E-state index in [9.17, 15) is 0 Å². The minimum Gasteiger partial charge on any atom is -0.316 e. The normalized spacial score (nSPS) is 28.3. The topological polar surface area (TPSA) is 15.3 Å². The first-order valence-electron chi connectivity index (χ1n) is 6.69. The Labute approximate surface area is 107 Å². The number of hydrogen-bond donors (Lipinski definition) is 1. The monoisotopic (exact) mass is 246 g/mol. The zero-order chi connectivity index (χ0) is 10.7. The number of hydrogen-bond acceptors (Lipinski definition) is 2. The van der Waals surface area contributed by atoms with Gasteiger partial charge in [-0.3, -0.25) is 0 Å². The van der Waals surface area contributed by atoms with E-state index < -0.39 is 0 Å². The number of nitrogens with one attached hydrogen (secondary N) is 1. The lowest BCUT2D eigenvalue weighted by atomic mass is 9.83. The fourth-order valence-electron chi connectivity index (χ4n) is 3.20. The van der Waals surface area contributed by atoms with Gasteiger partial charge in [0.05, 0.1) is 0 Å². The summed E-state index contributed by atoms with van der Waals surface area (Å²) in [5.41, 5.74) is 0. The van der Waals surface area contributed by atoms with Crippen molar-refractivity contribution < 1.29 is 0 Å². The average molecular weight is 247 g/mol. The third-order valence-electron chi connectivity index (χ3n) is 4.02. The molecule has 0 saturated carbocycles. The first kappa shape index (κ1) is 14.3. The van der Waals surface area contributed by atoms with Gasteiger partial charge in [-0.2, -0.15) is 0 Å². The van der Waals surface area contributed by atoms with E-state index in [0.717, 1.165) is 17.8 Å². The minimum absolute atomic E-state index is 0. The average Bonchev–Trinajstić information content (AvgIpc) is 2.71. The van der Waals surface area contributed by atoms with Crippen molar-refractivity contribution in [3.8, 4) is 0 Å². The molecule has 2 fully saturated rings.